The second kappa shape index (κ2) is 4.06. The van der Waals surface area contributed by atoms with Crippen LogP contribution in [0.1, 0.15) is 19.4 Å². The van der Waals surface area contributed by atoms with Crippen molar-refractivity contribution in [3.05, 3.63) is 17.8 Å². The van der Waals surface area contributed by atoms with Crippen molar-refractivity contribution < 1.29 is 5.11 Å². The number of nitrogens with two attached hydrogens (primary N) is 1. The molecule has 0 aliphatic rings. The summed E-state index contributed by atoms with van der Waals surface area (Å²) in [5.41, 5.74) is 6.65. The number of nitrogens with zero attached hydrogens (tertiary/aromatic N) is 2. The van der Waals surface area contributed by atoms with Crippen LogP contribution in [0.2, 0.25) is 0 Å². The largest absolute Gasteiger partial charge is 0.397 e. The van der Waals surface area contributed by atoms with E-state index in [0.717, 1.165) is 11.4 Å². The van der Waals surface area contributed by atoms with Gasteiger partial charge in [-0.1, -0.05) is 0 Å². The highest BCUT2D eigenvalue weighted by Crippen LogP contribution is 2.17. The lowest BCUT2D eigenvalue weighted by atomic mass is 10.1. The number of anilines is 2. The Hall–Kier alpha value is -1.29. The first-order valence-corrected chi connectivity index (χ1v) is 4.95. The van der Waals surface area contributed by atoms with Gasteiger partial charge in [-0.25, -0.2) is 4.98 Å². The van der Waals surface area contributed by atoms with Crippen LogP contribution in [0.4, 0.5) is 11.5 Å². The summed E-state index contributed by atoms with van der Waals surface area (Å²) in [7, 11) is 1.90. The van der Waals surface area contributed by atoms with Crippen LogP contribution in [0.5, 0.6) is 0 Å². The molecule has 0 aliphatic heterocycles. The molecule has 0 saturated heterocycles. The molecule has 4 heteroatoms. The van der Waals surface area contributed by atoms with Crippen molar-refractivity contribution in [2.75, 3.05) is 24.2 Å². The average Bonchev–Trinajstić information content (AvgIpc) is 2.06. The van der Waals surface area contributed by atoms with Crippen LogP contribution in [0.15, 0.2) is 12.3 Å². The Bertz CT molecular complexity index is 344. The van der Waals surface area contributed by atoms with Gasteiger partial charge in [-0.2, -0.15) is 0 Å². The molecule has 1 aromatic heterocycles. The molecule has 0 aliphatic carbocycles. The van der Waals surface area contributed by atoms with Gasteiger partial charge in [0.05, 0.1) is 17.5 Å². The van der Waals surface area contributed by atoms with Crippen LogP contribution in [-0.2, 0) is 0 Å². The van der Waals surface area contributed by atoms with Crippen molar-refractivity contribution in [2.45, 2.75) is 26.4 Å². The minimum Gasteiger partial charge on any atom is -0.397 e. The summed E-state index contributed by atoms with van der Waals surface area (Å²) in [5.74, 6) is 0.823. The summed E-state index contributed by atoms with van der Waals surface area (Å²) in [5, 5.41) is 9.68. The Labute approximate surface area is 90.7 Å². The van der Waals surface area contributed by atoms with Gasteiger partial charge in [-0.15, -0.1) is 0 Å². The van der Waals surface area contributed by atoms with Crippen LogP contribution >= 0.6 is 0 Å². The standard InChI is InChI=1S/C11H19N3O/c1-8-5-10(13-6-9(8)12)14(4)7-11(2,3)15/h5-6,15H,7,12H2,1-4H3. The van der Waals surface area contributed by atoms with E-state index in [1.165, 1.54) is 0 Å². The Kier molecular flexibility index (Phi) is 3.19. The number of hydrogen-bond donors (Lipinski definition) is 2. The molecular formula is C11H19N3O. The van der Waals surface area contributed by atoms with Gasteiger partial charge < -0.3 is 15.7 Å². The van der Waals surface area contributed by atoms with E-state index < -0.39 is 5.60 Å². The van der Waals surface area contributed by atoms with E-state index in [4.69, 9.17) is 5.73 Å². The van der Waals surface area contributed by atoms with E-state index in [1.807, 2.05) is 24.9 Å². The average molecular weight is 209 g/mol. The first-order chi connectivity index (χ1) is 6.79. The molecule has 0 aromatic carbocycles. The Morgan fingerprint density at radius 2 is 2.13 bits per heavy atom. The highest BCUT2D eigenvalue weighted by Gasteiger charge is 2.16. The fraction of sp³-hybridized carbons (Fsp3) is 0.545. The van der Waals surface area contributed by atoms with Crippen LogP contribution in [-0.4, -0.2) is 29.3 Å². The summed E-state index contributed by atoms with van der Waals surface area (Å²) in [6, 6.07) is 1.92. The summed E-state index contributed by atoms with van der Waals surface area (Å²) >= 11 is 0. The molecule has 1 heterocycles. The third-order valence-electron chi connectivity index (χ3n) is 2.15. The molecule has 1 rings (SSSR count). The minimum atomic E-state index is -0.730. The Morgan fingerprint density at radius 3 is 2.60 bits per heavy atom. The van der Waals surface area contributed by atoms with Crippen molar-refractivity contribution in [2.24, 2.45) is 0 Å². The number of rotatable bonds is 3. The third kappa shape index (κ3) is 3.40. The van der Waals surface area contributed by atoms with Gasteiger partial charge in [-0.05, 0) is 32.4 Å². The van der Waals surface area contributed by atoms with Gasteiger partial charge in [0.25, 0.3) is 0 Å². The van der Waals surface area contributed by atoms with Crippen molar-refractivity contribution in [1.82, 2.24) is 4.98 Å². The molecule has 0 saturated carbocycles. The third-order valence-corrected chi connectivity index (χ3v) is 2.15. The number of aliphatic hydroxyl groups is 1. The zero-order chi connectivity index (χ0) is 11.6. The lowest BCUT2D eigenvalue weighted by Crippen LogP contribution is -2.36. The maximum atomic E-state index is 9.68. The molecule has 0 radical (unpaired) electrons. The van der Waals surface area contributed by atoms with Gasteiger partial charge in [0.2, 0.25) is 0 Å². The molecule has 84 valence electrons. The van der Waals surface area contributed by atoms with Gasteiger partial charge >= 0.3 is 0 Å². The number of aromatic nitrogens is 1. The quantitative estimate of drug-likeness (QED) is 0.784. The topological polar surface area (TPSA) is 62.4 Å². The van der Waals surface area contributed by atoms with Crippen molar-refractivity contribution in [3.63, 3.8) is 0 Å². The van der Waals surface area contributed by atoms with E-state index in [2.05, 4.69) is 4.98 Å². The zero-order valence-electron chi connectivity index (χ0n) is 9.78. The number of pyridine rings is 1. The van der Waals surface area contributed by atoms with E-state index in [1.54, 1.807) is 20.0 Å². The smallest absolute Gasteiger partial charge is 0.128 e. The van der Waals surface area contributed by atoms with Gasteiger partial charge in [0.15, 0.2) is 0 Å². The molecule has 3 N–H and O–H groups in total. The van der Waals surface area contributed by atoms with Crippen LogP contribution < -0.4 is 10.6 Å². The lowest BCUT2D eigenvalue weighted by Gasteiger charge is -2.26. The number of nitrogen functional groups attached to an aromatic ring is 1. The molecule has 0 spiro atoms. The van der Waals surface area contributed by atoms with Gasteiger partial charge in [0, 0.05) is 13.6 Å². The van der Waals surface area contributed by atoms with Crippen molar-refractivity contribution in [3.8, 4) is 0 Å². The first kappa shape index (κ1) is 11.8. The maximum absolute atomic E-state index is 9.68. The lowest BCUT2D eigenvalue weighted by molar-refractivity contribution is 0.0884. The summed E-state index contributed by atoms with van der Waals surface area (Å²) < 4.78 is 0. The monoisotopic (exact) mass is 209 g/mol. The highest BCUT2D eigenvalue weighted by atomic mass is 16.3. The van der Waals surface area contributed by atoms with Crippen LogP contribution in [0.25, 0.3) is 0 Å². The first-order valence-electron chi connectivity index (χ1n) is 4.95. The van der Waals surface area contributed by atoms with Crippen LogP contribution in [0, 0.1) is 6.92 Å². The molecule has 0 fully saturated rings. The predicted octanol–water partition coefficient (Wildman–Crippen LogP) is 1.18. The van der Waals surface area contributed by atoms with Gasteiger partial charge in [-0.3, -0.25) is 0 Å². The fourth-order valence-electron chi connectivity index (χ4n) is 1.42. The van der Waals surface area contributed by atoms with E-state index in [-0.39, 0.29) is 0 Å². The minimum absolute atomic E-state index is 0.531. The molecule has 1 aromatic rings. The maximum Gasteiger partial charge on any atom is 0.128 e. The Balaban J connectivity index is 2.83. The normalized spacial score (nSPS) is 11.5. The second-order valence-corrected chi connectivity index (χ2v) is 4.57. The van der Waals surface area contributed by atoms with Crippen molar-refractivity contribution >= 4 is 11.5 Å². The highest BCUT2D eigenvalue weighted by molar-refractivity contribution is 5.51. The molecule has 0 atom stereocenters. The molecular weight excluding hydrogens is 190 g/mol. The number of hydrogen-bond acceptors (Lipinski definition) is 4. The molecule has 0 bridgehead atoms. The van der Waals surface area contributed by atoms with E-state index in [0.29, 0.717) is 12.2 Å². The summed E-state index contributed by atoms with van der Waals surface area (Å²) in [4.78, 5) is 6.12. The number of likely N-dealkylation sites (N-methyl/N-ethyl adjacent to an activating group) is 1. The van der Waals surface area contributed by atoms with E-state index >= 15 is 0 Å². The van der Waals surface area contributed by atoms with Crippen molar-refractivity contribution in [1.29, 1.82) is 0 Å². The molecule has 0 amide bonds. The number of aryl methyl sites for hydroxylation is 1. The SMILES string of the molecule is Cc1cc(N(C)CC(C)(C)O)ncc1N. The van der Waals surface area contributed by atoms with E-state index in [9.17, 15) is 5.11 Å². The molecule has 0 unspecified atom stereocenters. The van der Waals surface area contributed by atoms with Crippen LogP contribution in [0.3, 0.4) is 0 Å². The fourth-order valence-corrected chi connectivity index (χ4v) is 1.42. The molecule has 15 heavy (non-hydrogen) atoms. The second-order valence-electron chi connectivity index (χ2n) is 4.57. The molecule has 4 nitrogen and oxygen atoms in total. The summed E-state index contributed by atoms with van der Waals surface area (Å²) in [6.45, 7) is 6.02. The predicted molar refractivity (Wildman–Crippen MR) is 63.0 cm³/mol. The zero-order valence-corrected chi connectivity index (χ0v) is 9.78. The van der Waals surface area contributed by atoms with Gasteiger partial charge in [0.1, 0.15) is 5.82 Å². The summed E-state index contributed by atoms with van der Waals surface area (Å²) in [6.07, 6.45) is 1.64. The Morgan fingerprint density at radius 1 is 1.53 bits per heavy atom.